The van der Waals surface area contributed by atoms with E-state index in [1.54, 1.807) is 11.3 Å². The molecule has 0 bridgehead atoms. The van der Waals surface area contributed by atoms with Crippen LogP contribution in [0.15, 0.2) is 6.07 Å². The van der Waals surface area contributed by atoms with E-state index in [0.29, 0.717) is 6.04 Å². The van der Waals surface area contributed by atoms with Crippen LogP contribution in [0.25, 0.3) is 0 Å². The molecule has 1 amide bonds. The number of hydrogen-bond donors (Lipinski definition) is 1. The Kier molecular flexibility index (Phi) is 3.89. The summed E-state index contributed by atoms with van der Waals surface area (Å²) in [7, 11) is 1.99. The van der Waals surface area contributed by atoms with Gasteiger partial charge in [-0.1, -0.05) is 0 Å². The molecule has 4 heteroatoms. The second-order valence-electron chi connectivity index (χ2n) is 5.65. The summed E-state index contributed by atoms with van der Waals surface area (Å²) in [6, 6.07) is 2.62. The van der Waals surface area contributed by atoms with Crippen molar-refractivity contribution in [1.82, 2.24) is 10.2 Å². The summed E-state index contributed by atoms with van der Waals surface area (Å²) in [5, 5.41) is 3.30. The van der Waals surface area contributed by atoms with Crippen LogP contribution in [0.2, 0.25) is 0 Å². The molecule has 2 heterocycles. The number of likely N-dealkylation sites (N-methyl/N-ethyl adjacent to an activating group) is 1. The summed E-state index contributed by atoms with van der Waals surface area (Å²) in [5.74, 6) is 0.249. The van der Waals surface area contributed by atoms with E-state index in [1.165, 1.54) is 36.1 Å². The number of nitrogens with one attached hydrogen (secondary N) is 1. The van der Waals surface area contributed by atoms with Gasteiger partial charge in [0.2, 0.25) is 0 Å². The maximum absolute atomic E-state index is 12.6. The van der Waals surface area contributed by atoms with Gasteiger partial charge in [-0.25, -0.2) is 0 Å². The second-order valence-corrected chi connectivity index (χ2v) is 6.78. The zero-order chi connectivity index (χ0) is 13.2. The van der Waals surface area contributed by atoms with Gasteiger partial charge >= 0.3 is 0 Å². The number of likely N-dealkylation sites (tertiary alicyclic amines) is 1. The molecule has 3 rings (SSSR count). The van der Waals surface area contributed by atoms with E-state index in [9.17, 15) is 4.79 Å². The fraction of sp³-hybridized carbons (Fsp3) is 0.667. The van der Waals surface area contributed by atoms with Crippen LogP contribution in [0.4, 0.5) is 0 Å². The van der Waals surface area contributed by atoms with Gasteiger partial charge in [-0.3, -0.25) is 4.79 Å². The van der Waals surface area contributed by atoms with Crippen molar-refractivity contribution in [3.8, 4) is 0 Å². The van der Waals surface area contributed by atoms with Crippen LogP contribution in [-0.4, -0.2) is 37.0 Å². The Bertz CT molecular complexity index is 445. The van der Waals surface area contributed by atoms with Crippen LogP contribution in [0.3, 0.4) is 0 Å². The Morgan fingerprint density at radius 1 is 1.37 bits per heavy atom. The molecule has 1 aromatic heterocycles. The normalized spacial score (nSPS) is 23.2. The summed E-state index contributed by atoms with van der Waals surface area (Å²) in [5.41, 5.74) is 1.43. The summed E-state index contributed by atoms with van der Waals surface area (Å²) >= 11 is 1.73. The standard InChI is InChI=1S/C15H22N2OS/c1-16-12-6-4-8-17(10-12)15(18)14-9-11-5-2-3-7-13(11)19-14/h9,12,16H,2-8,10H2,1H3. The Morgan fingerprint density at radius 2 is 2.21 bits per heavy atom. The van der Waals surface area contributed by atoms with Crippen LogP contribution in [0.5, 0.6) is 0 Å². The maximum Gasteiger partial charge on any atom is 0.263 e. The number of thiophene rings is 1. The van der Waals surface area contributed by atoms with Gasteiger partial charge in [0.05, 0.1) is 4.88 Å². The number of nitrogens with zero attached hydrogens (tertiary/aromatic N) is 1. The predicted molar refractivity (Wildman–Crippen MR) is 78.9 cm³/mol. The van der Waals surface area contributed by atoms with Crippen molar-refractivity contribution in [2.75, 3.05) is 20.1 Å². The molecule has 1 aliphatic heterocycles. The molecule has 0 spiro atoms. The van der Waals surface area contributed by atoms with E-state index in [4.69, 9.17) is 0 Å². The average molecular weight is 278 g/mol. The molecule has 1 aromatic rings. The number of rotatable bonds is 2. The molecule has 104 valence electrons. The SMILES string of the molecule is CNC1CCCN(C(=O)c2cc3c(s2)CCCC3)C1. The van der Waals surface area contributed by atoms with E-state index in [0.717, 1.165) is 30.8 Å². The second kappa shape index (κ2) is 5.63. The lowest BCUT2D eigenvalue weighted by atomic mass is 9.99. The van der Waals surface area contributed by atoms with Gasteiger partial charge in [0, 0.05) is 24.0 Å². The minimum Gasteiger partial charge on any atom is -0.336 e. The third-order valence-electron chi connectivity index (χ3n) is 4.32. The van der Waals surface area contributed by atoms with Crippen LogP contribution >= 0.6 is 11.3 Å². The van der Waals surface area contributed by atoms with Gasteiger partial charge in [-0.15, -0.1) is 11.3 Å². The Morgan fingerprint density at radius 3 is 3.00 bits per heavy atom. The number of piperidine rings is 1. The minimum absolute atomic E-state index is 0.249. The lowest BCUT2D eigenvalue weighted by Gasteiger charge is -2.32. The Balaban J connectivity index is 1.74. The molecule has 1 unspecified atom stereocenters. The molecule has 1 aliphatic carbocycles. The molecular formula is C15H22N2OS. The number of fused-ring (bicyclic) bond motifs is 1. The number of amides is 1. The first kappa shape index (κ1) is 13.1. The van der Waals surface area contributed by atoms with Crippen molar-refractivity contribution in [3.63, 3.8) is 0 Å². The lowest BCUT2D eigenvalue weighted by Crippen LogP contribution is -2.46. The molecule has 1 N–H and O–H groups in total. The molecule has 0 radical (unpaired) electrons. The highest BCUT2D eigenvalue weighted by molar-refractivity contribution is 7.14. The molecular weight excluding hydrogens is 256 g/mol. The largest absolute Gasteiger partial charge is 0.336 e. The first-order chi connectivity index (χ1) is 9.28. The molecule has 0 saturated carbocycles. The number of carbonyl (C=O) groups excluding carboxylic acids is 1. The highest BCUT2D eigenvalue weighted by atomic mass is 32.1. The van der Waals surface area contributed by atoms with E-state index in [1.807, 2.05) is 11.9 Å². The van der Waals surface area contributed by atoms with E-state index < -0.39 is 0 Å². The molecule has 2 aliphatic rings. The third-order valence-corrected chi connectivity index (χ3v) is 5.55. The molecule has 3 nitrogen and oxygen atoms in total. The van der Waals surface area contributed by atoms with E-state index in [-0.39, 0.29) is 5.91 Å². The van der Waals surface area contributed by atoms with Crippen LogP contribution in [0.1, 0.15) is 45.8 Å². The molecule has 19 heavy (non-hydrogen) atoms. The van der Waals surface area contributed by atoms with Crippen molar-refractivity contribution in [1.29, 1.82) is 0 Å². The van der Waals surface area contributed by atoms with Crippen molar-refractivity contribution >= 4 is 17.2 Å². The minimum atomic E-state index is 0.249. The van der Waals surface area contributed by atoms with E-state index >= 15 is 0 Å². The van der Waals surface area contributed by atoms with Gasteiger partial charge in [-0.2, -0.15) is 0 Å². The monoisotopic (exact) mass is 278 g/mol. The summed E-state index contributed by atoms with van der Waals surface area (Å²) in [6.07, 6.45) is 7.20. The van der Waals surface area contributed by atoms with Gasteiger partial charge in [0.1, 0.15) is 0 Å². The van der Waals surface area contributed by atoms with Crippen molar-refractivity contribution in [3.05, 3.63) is 21.4 Å². The fourth-order valence-electron chi connectivity index (χ4n) is 3.15. The quantitative estimate of drug-likeness (QED) is 0.901. The van der Waals surface area contributed by atoms with Gasteiger partial charge in [0.15, 0.2) is 0 Å². The smallest absolute Gasteiger partial charge is 0.263 e. The van der Waals surface area contributed by atoms with Crippen LogP contribution < -0.4 is 5.32 Å². The zero-order valence-electron chi connectivity index (χ0n) is 11.6. The summed E-state index contributed by atoms with van der Waals surface area (Å²) in [6.45, 7) is 1.78. The average Bonchev–Trinajstić information content (AvgIpc) is 2.90. The Hall–Kier alpha value is -0.870. The Labute approximate surface area is 119 Å². The topological polar surface area (TPSA) is 32.3 Å². The van der Waals surface area contributed by atoms with Gasteiger partial charge in [0.25, 0.3) is 5.91 Å². The first-order valence-electron chi connectivity index (χ1n) is 7.36. The molecule has 0 aromatic carbocycles. The van der Waals surface area contributed by atoms with Crippen molar-refractivity contribution in [2.45, 2.75) is 44.6 Å². The molecule has 1 fully saturated rings. The summed E-state index contributed by atoms with van der Waals surface area (Å²) in [4.78, 5) is 17.0. The maximum atomic E-state index is 12.6. The highest BCUT2D eigenvalue weighted by Crippen LogP contribution is 2.30. The van der Waals surface area contributed by atoms with Crippen LogP contribution in [-0.2, 0) is 12.8 Å². The lowest BCUT2D eigenvalue weighted by molar-refractivity contribution is 0.0703. The molecule has 1 saturated heterocycles. The summed E-state index contributed by atoms with van der Waals surface area (Å²) < 4.78 is 0. The zero-order valence-corrected chi connectivity index (χ0v) is 12.4. The molecule has 1 atom stereocenters. The fourth-order valence-corrected chi connectivity index (χ4v) is 4.37. The van der Waals surface area contributed by atoms with E-state index in [2.05, 4.69) is 11.4 Å². The highest BCUT2D eigenvalue weighted by Gasteiger charge is 2.25. The third kappa shape index (κ3) is 2.70. The van der Waals surface area contributed by atoms with Crippen LogP contribution in [0, 0.1) is 0 Å². The van der Waals surface area contributed by atoms with Crippen molar-refractivity contribution < 1.29 is 4.79 Å². The number of hydrogen-bond acceptors (Lipinski definition) is 3. The van der Waals surface area contributed by atoms with Gasteiger partial charge < -0.3 is 10.2 Å². The number of carbonyl (C=O) groups is 1. The van der Waals surface area contributed by atoms with Gasteiger partial charge in [-0.05, 0) is 57.2 Å². The number of aryl methyl sites for hydroxylation is 2. The predicted octanol–water partition coefficient (Wildman–Crippen LogP) is 2.45. The van der Waals surface area contributed by atoms with Crippen molar-refractivity contribution in [2.24, 2.45) is 0 Å². The first-order valence-corrected chi connectivity index (χ1v) is 8.17.